The Kier molecular flexibility index (Phi) is 13.0. The van der Waals surface area contributed by atoms with E-state index in [0.717, 1.165) is 50.2 Å². The summed E-state index contributed by atoms with van der Waals surface area (Å²) in [5.74, 6) is 1.88. The molecule has 2 nitrogen and oxygen atoms in total. The topological polar surface area (TPSA) is 18.5 Å². The molecule has 0 spiro atoms. The molecule has 1 rings (SSSR count). The first-order chi connectivity index (χ1) is 11.3. The average molecular weight is 323 g/mol. The van der Waals surface area contributed by atoms with Crippen molar-refractivity contribution in [1.29, 1.82) is 0 Å². The molecule has 0 saturated carbocycles. The van der Waals surface area contributed by atoms with Crippen molar-refractivity contribution in [2.24, 2.45) is 0 Å². The van der Waals surface area contributed by atoms with Crippen LogP contribution < -0.4 is 9.47 Å². The Morgan fingerprint density at radius 1 is 0.958 bits per heavy atom. The van der Waals surface area contributed by atoms with Crippen molar-refractivity contribution in [2.45, 2.75) is 72.1 Å². The van der Waals surface area contributed by atoms with E-state index in [1.54, 1.807) is 0 Å². The monoisotopic (exact) mass is 322 g/mol. The molecule has 0 amide bonds. The summed E-state index contributed by atoms with van der Waals surface area (Å²) in [6.07, 6.45) is 10.8. The van der Waals surface area contributed by atoms with Crippen LogP contribution in [0.4, 0.5) is 0 Å². The molecule has 132 valence electrons. The van der Waals surface area contributed by atoms with Crippen molar-refractivity contribution >= 4 is 0 Å². The van der Waals surface area contributed by atoms with Crippen LogP contribution in [0.5, 0.6) is 11.5 Å². The molecule has 1 aromatic rings. The minimum absolute atomic E-state index is 0. The van der Waals surface area contributed by atoms with E-state index in [2.05, 4.69) is 39.5 Å². The van der Waals surface area contributed by atoms with Crippen LogP contribution in [0.15, 0.2) is 24.8 Å². The van der Waals surface area contributed by atoms with Gasteiger partial charge < -0.3 is 9.47 Å². The van der Waals surface area contributed by atoms with E-state index in [0.29, 0.717) is 6.61 Å². The third-order valence-electron chi connectivity index (χ3n) is 3.97. The Bertz CT molecular complexity index is 426. The number of ether oxygens (including phenoxy) is 2. The van der Waals surface area contributed by atoms with Gasteiger partial charge >= 0.3 is 0 Å². The first kappa shape index (κ1) is 22.5. The number of hydrogen-bond acceptors (Lipinski definition) is 2. The smallest absolute Gasteiger partial charge is 0.164 e. The van der Waals surface area contributed by atoms with Gasteiger partial charge in [-0.05, 0) is 49.3 Å². The number of rotatable bonds is 13. The summed E-state index contributed by atoms with van der Waals surface area (Å²) in [7, 11) is 0. The molecule has 0 N–H and O–H groups in total. The van der Waals surface area contributed by atoms with Crippen molar-refractivity contribution in [3.63, 3.8) is 0 Å². The summed E-state index contributed by atoms with van der Waals surface area (Å²) in [6.45, 7) is 11.8. The van der Waals surface area contributed by atoms with Gasteiger partial charge in [-0.15, -0.1) is 6.58 Å². The van der Waals surface area contributed by atoms with Gasteiger partial charge in [0, 0.05) is 6.15 Å². The standard InChI is InChI=1S/C21H34O2.He/c1-5-9-12-13-19-16-18(8-4)17-20(22-14-10-6-2)21(19)23-15-11-7-3;/h7,16-17H,3,5-6,8-15H2,1-2,4H3;. The van der Waals surface area contributed by atoms with Crippen LogP contribution in [0.1, 0.15) is 70.4 Å². The van der Waals surface area contributed by atoms with Gasteiger partial charge in [-0.2, -0.15) is 0 Å². The van der Waals surface area contributed by atoms with Gasteiger partial charge in [0.05, 0.1) is 13.2 Å². The van der Waals surface area contributed by atoms with E-state index in [4.69, 9.17) is 9.47 Å². The number of unbranched alkanes of at least 4 members (excludes halogenated alkanes) is 3. The van der Waals surface area contributed by atoms with Gasteiger partial charge in [-0.25, -0.2) is 0 Å². The van der Waals surface area contributed by atoms with E-state index < -0.39 is 0 Å². The molecule has 0 unspecified atom stereocenters. The molecule has 0 bridgehead atoms. The Morgan fingerprint density at radius 2 is 1.71 bits per heavy atom. The summed E-state index contributed by atoms with van der Waals surface area (Å²) < 4.78 is 12.1. The maximum Gasteiger partial charge on any atom is 0.164 e. The second-order valence-corrected chi connectivity index (χ2v) is 6.02. The van der Waals surface area contributed by atoms with Gasteiger partial charge in [0.25, 0.3) is 0 Å². The molecular formula is C21H34HeO2. The number of aryl methyl sites for hydroxylation is 2. The summed E-state index contributed by atoms with van der Waals surface area (Å²) >= 11 is 0. The van der Waals surface area contributed by atoms with Crippen molar-refractivity contribution in [2.75, 3.05) is 13.2 Å². The molecule has 0 radical (unpaired) electrons. The van der Waals surface area contributed by atoms with Crippen LogP contribution in [-0.4, -0.2) is 13.2 Å². The minimum atomic E-state index is 0. The number of hydrogen-bond donors (Lipinski definition) is 0. The molecule has 0 aliphatic heterocycles. The maximum atomic E-state index is 6.07. The van der Waals surface area contributed by atoms with E-state index in [1.807, 2.05) is 6.08 Å². The van der Waals surface area contributed by atoms with E-state index in [-0.39, 0.29) is 6.15 Å². The molecule has 0 fully saturated rings. The molecule has 0 heterocycles. The van der Waals surface area contributed by atoms with E-state index >= 15 is 0 Å². The summed E-state index contributed by atoms with van der Waals surface area (Å²) in [5, 5.41) is 0. The number of benzene rings is 1. The van der Waals surface area contributed by atoms with Gasteiger partial charge in [0.1, 0.15) is 0 Å². The molecule has 3 heteroatoms. The third-order valence-corrected chi connectivity index (χ3v) is 3.97. The van der Waals surface area contributed by atoms with Crippen molar-refractivity contribution in [1.82, 2.24) is 0 Å². The fourth-order valence-electron chi connectivity index (χ4n) is 2.52. The predicted octanol–water partition coefficient (Wildman–Crippen LogP) is 6.12. The largest absolute Gasteiger partial charge is 0.490 e. The van der Waals surface area contributed by atoms with E-state index in [1.165, 1.54) is 30.4 Å². The third kappa shape index (κ3) is 7.83. The second kappa shape index (κ2) is 13.9. The Balaban J connectivity index is 0.00000529. The minimum Gasteiger partial charge on any atom is -0.490 e. The molecular weight excluding hydrogens is 288 g/mol. The Morgan fingerprint density at radius 3 is 2.33 bits per heavy atom. The normalized spacial score (nSPS) is 10.1. The van der Waals surface area contributed by atoms with Gasteiger partial charge in [-0.3, -0.25) is 0 Å². The van der Waals surface area contributed by atoms with Crippen LogP contribution in [-0.2, 0) is 12.8 Å². The predicted molar refractivity (Wildman–Crippen MR) is 99.8 cm³/mol. The average Bonchev–Trinajstić information content (AvgIpc) is 2.57. The second-order valence-electron chi connectivity index (χ2n) is 6.02. The first-order valence-electron chi connectivity index (χ1n) is 9.29. The van der Waals surface area contributed by atoms with Crippen LogP contribution in [0, 0.1) is 6.15 Å². The van der Waals surface area contributed by atoms with Crippen molar-refractivity contribution in [3.8, 4) is 11.5 Å². The first-order valence-corrected chi connectivity index (χ1v) is 9.29. The molecule has 1 aromatic carbocycles. The van der Waals surface area contributed by atoms with Crippen LogP contribution in [0.2, 0.25) is 0 Å². The maximum absolute atomic E-state index is 6.07. The van der Waals surface area contributed by atoms with Crippen LogP contribution >= 0.6 is 0 Å². The zero-order valence-corrected chi connectivity index (χ0v) is 16.0. The summed E-state index contributed by atoms with van der Waals surface area (Å²) in [5.41, 5.74) is 2.63. The van der Waals surface area contributed by atoms with E-state index in [9.17, 15) is 0 Å². The molecule has 0 aliphatic rings. The van der Waals surface area contributed by atoms with Crippen molar-refractivity contribution < 1.29 is 15.6 Å². The fourth-order valence-corrected chi connectivity index (χ4v) is 2.52. The van der Waals surface area contributed by atoms with Gasteiger partial charge in [0.15, 0.2) is 11.5 Å². The molecule has 0 saturated heterocycles. The quantitative estimate of drug-likeness (QED) is 0.322. The summed E-state index contributed by atoms with van der Waals surface area (Å²) in [6, 6.07) is 4.45. The summed E-state index contributed by atoms with van der Waals surface area (Å²) in [4.78, 5) is 0. The van der Waals surface area contributed by atoms with Gasteiger partial charge in [0.2, 0.25) is 0 Å². The molecule has 0 aliphatic carbocycles. The fraction of sp³-hybridized carbons (Fsp3) is 0.619. The van der Waals surface area contributed by atoms with Gasteiger partial charge in [-0.1, -0.05) is 52.2 Å². The Labute approximate surface area is 149 Å². The Hall–Kier alpha value is -1.53. The van der Waals surface area contributed by atoms with Crippen LogP contribution in [0.25, 0.3) is 0 Å². The van der Waals surface area contributed by atoms with Crippen LogP contribution in [0.3, 0.4) is 0 Å². The zero-order valence-electron chi connectivity index (χ0n) is 16.0. The molecule has 24 heavy (non-hydrogen) atoms. The van der Waals surface area contributed by atoms with Crippen molar-refractivity contribution in [3.05, 3.63) is 35.9 Å². The molecule has 0 atom stereocenters. The zero-order chi connectivity index (χ0) is 16.9. The molecule has 0 aromatic heterocycles. The SMILES string of the molecule is C=CCCOc1c(CCCCC)cc(CC)cc1OCCCC.[He].